The predicted molar refractivity (Wildman–Crippen MR) is 106 cm³/mol. The lowest BCUT2D eigenvalue weighted by molar-refractivity contribution is 0.0748. The highest BCUT2D eigenvalue weighted by Gasteiger charge is 2.42. The van der Waals surface area contributed by atoms with Crippen LogP contribution in [0, 0.1) is 20.8 Å². The molecule has 1 aliphatic heterocycles. The molecular weight excluding hydrogens is 338 g/mol. The molecule has 2 heterocycles. The summed E-state index contributed by atoms with van der Waals surface area (Å²) < 4.78 is 5.99. The van der Waals surface area contributed by atoms with Crippen molar-refractivity contribution in [3.8, 4) is 0 Å². The Morgan fingerprint density at radius 2 is 1.78 bits per heavy atom. The molecule has 0 saturated carbocycles. The minimum atomic E-state index is -0.465. The maximum Gasteiger partial charge on any atom is 0.291 e. The van der Waals surface area contributed by atoms with E-state index in [0.29, 0.717) is 23.1 Å². The summed E-state index contributed by atoms with van der Waals surface area (Å²) in [6, 6.07) is 11.2. The third-order valence-corrected chi connectivity index (χ3v) is 5.13. The SMILES string of the molecule is C=CCN1C(=O)c2oc3cc(C)cc(C)c3c(=O)c2C1c1ccc(C)cc1. The van der Waals surface area contributed by atoms with E-state index in [1.54, 1.807) is 11.0 Å². The van der Waals surface area contributed by atoms with Crippen LogP contribution in [0.2, 0.25) is 0 Å². The van der Waals surface area contributed by atoms with E-state index in [1.807, 2.05) is 57.2 Å². The van der Waals surface area contributed by atoms with Gasteiger partial charge in [-0.1, -0.05) is 42.0 Å². The Morgan fingerprint density at radius 1 is 1.07 bits per heavy atom. The Morgan fingerprint density at radius 3 is 2.44 bits per heavy atom. The molecule has 4 rings (SSSR count). The summed E-state index contributed by atoms with van der Waals surface area (Å²) in [4.78, 5) is 28.1. The van der Waals surface area contributed by atoms with Gasteiger partial charge in [0.2, 0.25) is 5.76 Å². The Bertz CT molecular complexity index is 1140. The van der Waals surface area contributed by atoms with Crippen LogP contribution in [0.1, 0.15) is 44.4 Å². The lowest BCUT2D eigenvalue weighted by Crippen LogP contribution is -2.29. The Labute approximate surface area is 157 Å². The number of amides is 1. The summed E-state index contributed by atoms with van der Waals surface area (Å²) in [5.41, 5.74) is 4.62. The van der Waals surface area contributed by atoms with Crippen molar-refractivity contribution < 1.29 is 9.21 Å². The fraction of sp³-hybridized carbons (Fsp3) is 0.217. The number of hydrogen-bond donors (Lipinski definition) is 0. The highest BCUT2D eigenvalue weighted by atomic mass is 16.3. The number of fused-ring (bicyclic) bond motifs is 2. The van der Waals surface area contributed by atoms with Crippen LogP contribution in [-0.2, 0) is 0 Å². The summed E-state index contributed by atoms with van der Waals surface area (Å²) in [6.45, 7) is 9.96. The fourth-order valence-corrected chi connectivity index (χ4v) is 3.94. The molecule has 136 valence electrons. The summed E-state index contributed by atoms with van der Waals surface area (Å²) >= 11 is 0. The molecule has 1 atom stereocenters. The van der Waals surface area contributed by atoms with Gasteiger partial charge in [-0.05, 0) is 43.5 Å². The highest BCUT2D eigenvalue weighted by molar-refractivity contribution is 5.99. The Hall–Kier alpha value is -3.14. The second-order valence-electron chi connectivity index (χ2n) is 7.19. The molecule has 1 aromatic heterocycles. The van der Waals surface area contributed by atoms with E-state index in [4.69, 9.17) is 4.42 Å². The first-order chi connectivity index (χ1) is 12.9. The fourth-order valence-electron chi connectivity index (χ4n) is 3.94. The smallest absolute Gasteiger partial charge is 0.291 e. The highest BCUT2D eigenvalue weighted by Crippen LogP contribution is 2.38. The maximum absolute atomic E-state index is 13.4. The summed E-state index contributed by atoms with van der Waals surface area (Å²) in [5, 5.41) is 0.546. The van der Waals surface area contributed by atoms with Gasteiger partial charge < -0.3 is 9.32 Å². The van der Waals surface area contributed by atoms with Gasteiger partial charge in [0.1, 0.15) is 5.58 Å². The summed E-state index contributed by atoms with van der Waals surface area (Å²) in [5.74, 6) is -0.126. The van der Waals surface area contributed by atoms with Crippen molar-refractivity contribution in [3.63, 3.8) is 0 Å². The first kappa shape index (κ1) is 17.3. The first-order valence-corrected chi connectivity index (χ1v) is 8.98. The molecule has 0 fully saturated rings. The first-order valence-electron chi connectivity index (χ1n) is 8.98. The number of nitrogens with zero attached hydrogens (tertiary/aromatic N) is 1. The van der Waals surface area contributed by atoms with Crippen molar-refractivity contribution in [2.45, 2.75) is 26.8 Å². The molecule has 4 heteroatoms. The molecule has 1 unspecified atom stereocenters. The van der Waals surface area contributed by atoms with Crippen LogP contribution >= 0.6 is 0 Å². The Balaban J connectivity index is 2.05. The zero-order valence-corrected chi connectivity index (χ0v) is 15.7. The molecular formula is C23H21NO3. The van der Waals surface area contributed by atoms with Gasteiger partial charge in [0.25, 0.3) is 5.91 Å². The van der Waals surface area contributed by atoms with Crippen LogP contribution in [0.5, 0.6) is 0 Å². The zero-order valence-electron chi connectivity index (χ0n) is 15.7. The minimum absolute atomic E-state index is 0.130. The predicted octanol–water partition coefficient (Wildman–Crippen LogP) is 4.45. The summed E-state index contributed by atoms with van der Waals surface area (Å²) in [6.07, 6.45) is 1.67. The molecule has 0 N–H and O–H groups in total. The molecule has 27 heavy (non-hydrogen) atoms. The maximum atomic E-state index is 13.4. The summed E-state index contributed by atoms with van der Waals surface area (Å²) in [7, 11) is 0. The van der Waals surface area contributed by atoms with E-state index in [2.05, 4.69) is 6.58 Å². The molecule has 0 spiro atoms. The van der Waals surface area contributed by atoms with Crippen molar-refractivity contribution >= 4 is 16.9 Å². The van der Waals surface area contributed by atoms with Crippen LogP contribution in [0.25, 0.3) is 11.0 Å². The number of aryl methyl sites for hydroxylation is 3. The van der Waals surface area contributed by atoms with Crippen molar-refractivity contribution in [2.24, 2.45) is 0 Å². The lowest BCUT2D eigenvalue weighted by atomic mass is 9.96. The van der Waals surface area contributed by atoms with Crippen LogP contribution in [0.15, 0.2) is 58.3 Å². The zero-order chi connectivity index (χ0) is 19.3. The van der Waals surface area contributed by atoms with E-state index in [0.717, 1.165) is 22.3 Å². The van der Waals surface area contributed by atoms with E-state index in [-0.39, 0.29) is 17.1 Å². The van der Waals surface area contributed by atoms with Gasteiger partial charge in [0.05, 0.1) is 17.0 Å². The quantitative estimate of drug-likeness (QED) is 0.649. The second-order valence-corrected chi connectivity index (χ2v) is 7.19. The minimum Gasteiger partial charge on any atom is -0.450 e. The van der Waals surface area contributed by atoms with E-state index >= 15 is 0 Å². The van der Waals surface area contributed by atoms with Crippen LogP contribution in [-0.4, -0.2) is 17.4 Å². The molecule has 0 aliphatic carbocycles. The van der Waals surface area contributed by atoms with Gasteiger partial charge in [0.15, 0.2) is 5.43 Å². The molecule has 2 aromatic carbocycles. The van der Waals surface area contributed by atoms with Gasteiger partial charge in [-0.25, -0.2) is 0 Å². The molecule has 1 aliphatic rings. The van der Waals surface area contributed by atoms with Gasteiger partial charge in [-0.3, -0.25) is 9.59 Å². The van der Waals surface area contributed by atoms with Gasteiger partial charge in [0, 0.05) is 6.54 Å². The van der Waals surface area contributed by atoms with Crippen LogP contribution < -0.4 is 5.43 Å². The molecule has 4 nitrogen and oxygen atoms in total. The molecule has 3 aromatic rings. The van der Waals surface area contributed by atoms with E-state index < -0.39 is 6.04 Å². The number of carbonyl (C=O) groups excluding carboxylic acids is 1. The number of rotatable bonds is 3. The van der Waals surface area contributed by atoms with E-state index in [1.165, 1.54) is 0 Å². The van der Waals surface area contributed by atoms with Gasteiger partial charge in [-0.15, -0.1) is 6.58 Å². The molecule has 0 radical (unpaired) electrons. The average Bonchev–Trinajstić information content (AvgIpc) is 2.88. The Kier molecular flexibility index (Phi) is 3.99. The average molecular weight is 359 g/mol. The number of hydrogen-bond acceptors (Lipinski definition) is 3. The third kappa shape index (κ3) is 2.60. The molecule has 0 bridgehead atoms. The van der Waals surface area contributed by atoms with E-state index in [9.17, 15) is 9.59 Å². The third-order valence-electron chi connectivity index (χ3n) is 5.13. The normalized spacial score (nSPS) is 16.0. The largest absolute Gasteiger partial charge is 0.450 e. The molecule has 0 saturated heterocycles. The van der Waals surface area contributed by atoms with Gasteiger partial charge >= 0.3 is 0 Å². The van der Waals surface area contributed by atoms with Crippen LogP contribution in [0.4, 0.5) is 0 Å². The number of carbonyl (C=O) groups is 1. The standard InChI is InChI=1S/C23H21NO3/c1-5-10-24-20(16-8-6-13(2)7-9-16)19-21(25)18-15(4)11-14(3)12-17(18)27-22(19)23(24)26/h5-9,11-12,20H,1,10H2,2-4H3. The second kappa shape index (κ2) is 6.23. The van der Waals surface area contributed by atoms with Crippen molar-refractivity contribution in [1.29, 1.82) is 0 Å². The van der Waals surface area contributed by atoms with Crippen LogP contribution in [0.3, 0.4) is 0 Å². The monoisotopic (exact) mass is 359 g/mol. The van der Waals surface area contributed by atoms with Crippen molar-refractivity contribution in [1.82, 2.24) is 4.90 Å². The number of benzene rings is 2. The van der Waals surface area contributed by atoms with Crippen molar-refractivity contribution in [3.05, 3.63) is 92.9 Å². The van der Waals surface area contributed by atoms with Crippen molar-refractivity contribution in [2.75, 3.05) is 6.54 Å². The topological polar surface area (TPSA) is 50.5 Å². The van der Waals surface area contributed by atoms with Gasteiger partial charge in [-0.2, -0.15) is 0 Å². The lowest BCUT2D eigenvalue weighted by Gasteiger charge is -2.23. The molecule has 1 amide bonds.